The summed E-state index contributed by atoms with van der Waals surface area (Å²) in [5.41, 5.74) is 2.79. The summed E-state index contributed by atoms with van der Waals surface area (Å²) in [6.07, 6.45) is 2.50. The molecule has 176 valence electrons. The maximum Gasteiger partial charge on any atom is 0.102 e. The number of rotatable bonds is 7. The van der Waals surface area contributed by atoms with Gasteiger partial charge in [-0.05, 0) is 72.2 Å². The minimum absolute atomic E-state index is 0.301. The van der Waals surface area contributed by atoms with Crippen molar-refractivity contribution < 1.29 is 5.11 Å². The number of aromatic nitrogens is 1. The van der Waals surface area contributed by atoms with Crippen LogP contribution in [0.1, 0.15) is 29.0 Å². The Morgan fingerprint density at radius 3 is 2.37 bits per heavy atom. The third-order valence-corrected chi connectivity index (χ3v) is 7.30. The van der Waals surface area contributed by atoms with Gasteiger partial charge in [-0.1, -0.05) is 88.7 Å². The second kappa shape index (κ2) is 9.90. The first-order valence-electron chi connectivity index (χ1n) is 11.9. The zero-order chi connectivity index (χ0) is 24.4. The summed E-state index contributed by atoms with van der Waals surface area (Å²) >= 11 is 3.60. The number of benzene rings is 4. The van der Waals surface area contributed by atoms with E-state index >= 15 is 0 Å². The van der Waals surface area contributed by atoms with Gasteiger partial charge in [-0.15, -0.1) is 0 Å². The largest absolute Gasteiger partial charge is 0.384 e. The van der Waals surface area contributed by atoms with E-state index in [1.54, 1.807) is 0 Å². The van der Waals surface area contributed by atoms with Crippen molar-refractivity contribution in [3.8, 4) is 0 Å². The van der Waals surface area contributed by atoms with Gasteiger partial charge in [-0.3, -0.25) is 4.98 Å². The molecule has 0 aliphatic rings. The fourth-order valence-electron chi connectivity index (χ4n) is 5.10. The molecule has 1 aromatic heterocycles. The van der Waals surface area contributed by atoms with Crippen LogP contribution in [-0.4, -0.2) is 35.6 Å². The molecule has 0 aliphatic heterocycles. The first-order chi connectivity index (χ1) is 17.0. The summed E-state index contributed by atoms with van der Waals surface area (Å²) in [5.74, 6) is -0.301. The van der Waals surface area contributed by atoms with Crippen LogP contribution in [0.2, 0.25) is 0 Å². The van der Waals surface area contributed by atoms with Crippen LogP contribution in [0, 0.1) is 0 Å². The highest BCUT2D eigenvalue weighted by atomic mass is 79.9. The van der Waals surface area contributed by atoms with Crippen molar-refractivity contribution in [2.45, 2.75) is 17.9 Å². The van der Waals surface area contributed by atoms with Crippen LogP contribution < -0.4 is 0 Å². The van der Waals surface area contributed by atoms with E-state index in [4.69, 9.17) is 4.98 Å². The molecule has 0 amide bonds. The third kappa shape index (κ3) is 4.74. The quantitative estimate of drug-likeness (QED) is 0.246. The van der Waals surface area contributed by atoms with Crippen molar-refractivity contribution in [3.05, 3.63) is 124 Å². The van der Waals surface area contributed by atoms with Crippen molar-refractivity contribution in [3.63, 3.8) is 0 Å². The first kappa shape index (κ1) is 23.7. The van der Waals surface area contributed by atoms with E-state index in [9.17, 15) is 5.11 Å². The Kier molecular flexibility index (Phi) is 6.70. The summed E-state index contributed by atoms with van der Waals surface area (Å²) in [5, 5.41) is 16.1. The molecule has 4 heteroatoms. The van der Waals surface area contributed by atoms with Crippen molar-refractivity contribution in [2.24, 2.45) is 0 Å². The van der Waals surface area contributed by atoms with Crippen molar-refractivity contribution in [1.82, 2.24) is 9.88 Å². The molecule has 5 aromatic rings. The van der Waals surface area contributed by atoms with Crippen LogP contribution in [0.25, 0.3) is 21.7 Å². The predicted molar refractivity (Wildman–Crippen MR) is 149 cm³/mol. The molecule has 2 atom stereocenters. The lowest BCUT2D eigenvalue weighted by Crippen LogP contribution is -2.37. The minimum atomic E-state index is -1.16. The van der Waals surface area contributed by atoms with Gasteiger partial charge in [0.25, 0.3) is 0 Å². The molecule has 1 N–H and O–H groups in total. The average Bonchev–Trinajstić information content (AvgIpc) is 2.87. The zero-order valence-corrected chi connectivity index (χ0v) is 21.6. The highest BCUT2D eigenvalue weighted by Crippen LogP contribution is 2.46. The summed E-state index contributed by atoms with van der Waals surface area (Å²) in [7, 11) is 4.10. The minimum Gasteiger partial charge on any atom is -0.384 e. The molecular formula is C31H29BrN2O. The van der Waals surface area contributed by atoms with Crippen LogP contribution in [0.4, 0.5) is 0 Å². The second-order valence-electron chi connectivity index (χ2n) is 9.45. The lowest BCUT2D eigenvalue weighted by Gasteiger charge is -2.39. The highest BCUT2D eigenvalue weighted by Gasteiger charge is 2.41. The molecule has 0 aliphatic carbocycles. The maximum absolute atomic E-state index is 12.9. The van der Waals surface area contributed by atoms with E-state index < -0.39 is 5.60 Å². The van der Waals surface area contributed by atoms with Crippen LogP contribution in [0.5, 0.6) is 0 Å². The van der Waals surface area contributed by atoms with Gasteiger partial charge >= 0.3 is 0 Å². The number of nitrogens with zero attached hydrogens (tertiary/aromatic N) is 2. The fourth-order valence-corrected chi connectivity index (χ4v) is 5.48. The second-order valence-corrected chi connectivity index (χ2v) is 10.4. The van der Waals surface area contributed by atoms with Crippen LogP contribution in [0.3, 0.4) is 0 Å². The van der Waals surface area contributed by atoms with E-state index in [-0.39, 0.29) is 5.92 Å². The normalized spacial score (nSPS) is 14.3. The zero-order valence-electron chi connectivity index (χ0n) is 20.0. The fraction of sp³-hybridized carbons (Fsp3) is 0.194. The molecule has 5 rings (SSSR count). The first-order valence-corrected chi connectivity index (χ1v) is 12.7. The SMILES string of the molecule is CN(C)CC[C@@](O)(c1cccc2ccccc12)[C@H](c1ccccc1)c1cnc2ccc(Br)cc2c1. The molecule has 0 radical (unpaired) electrons. The lowest BCUT2D eigenvalue weighted by atomic mass is 9.71. The summed E-state index contributed by atoms with van der Waals surface area (Å²) in [6.45, 7) is 0.746. The topological polar surface area (TPSA) is 36.4 Å². The summed E-state index contributed by atoms with van der Waals surface area (Å²) in [4.78, 5) is 6.92. The molecule has 1 heterocycles. The molecule has 35 heavy (non-hydrogen) atoms. The van der Waals surface area contributed by atoms with E-state index in [2.05, 4.69) is 89.5 Å². The molecule has 0 fully saturated rings. The Bertz CT molecular complexity index is 1460. The van der Waals surface area contributed by atoms with E-state index in [0.29, 0.717) is 6.42 Å². The Labute approximate surface area is 215 Å². The predicted octanol–water partition coefficient (Wildman–Crippen LogP) is 7.12. The Hall–Kier alpha value is -3.05. The summed E-state index contributed by atoms with van der Waals surface area (Å²) < 4.78 is 1.01. The van der Waals surface area contributed by atoms with Gasteiger partial charge < -0.3 is 10.0 Å². The van der Waals surface area contributed by atoms with Gasteiger partial charge in [0, 0.05) is 28.5 Å². The van der Waals surface area contributed by atoms with E-state index in [1.807, 2.05) is 48.7 Å². The Morgan fingerprint density at radius 1 is 0.829 bits per heavy atom. The molecule has 0 saturated heterocycles. The standard InChI is InChI=1S/C31H29BrN2O/c1-34(2)18-17-31(35,28-14-8-12-22-9-6-7-13-27(22)28)30(23-10-4-3-5-11-23)25-19-24-20-26(32)15-16-29(24)33-21-25/h3-16,19-21,30,35H,17-18H2,1-2H3/t30-,31-/m1/s1. The van der Waals surface area contributed by atoms with Crippen molar-refractivity contribution >= 4 is 37.6 Å². The summed E-state index contributed by atoms with van der Waals surface area (Å²) in [6, 6.07) is 33.2. The molecule has 4 aromatic carbocycles. The molecular weight excluding hydrogens is 496 g/mol. The van der Waals surface area contributed by atoms with Crippen LogP contribution >= 0.6 is 15.9 Å². The molecule has 0 unspecified atom stereocenters. The highest BCUT2D eigenvalue weighted by molar-refractivity contribution is 9.10. The van der Waals surface area contributed by atoms with Gasteiger partial charge in [0.15, 0.2) is 0 Å². The maximum atomic E-state index is 12.9. The van der Waals surface area contributed by atoms with E-state index in [0.717, 1.165) is 49.4 Å². The van der Waals surface area contributed by atoms with Crippen molar-refractivity contribution in [1.29, 1.82) is 0 Å². The van der Waals surface area contributed by atoms with Gasteiger partial charge in [-0.25, -0.2) is 0 Å². The van der Waals surface area contributed by atoms with Crippen LogP contribution in [0.15, 0.2) is 108 Å². The Morgan fingerprint density at radius 2 is 1.57 bits per heavy atom. The third-order valence-electron chi connectivity index (χ3n) is 6.80. The smallest absolute Gasteiger partial charge is 0.102 e. The number of fused-ring (bicyclic) bond motifs is 2. The molecule has 0 spiro atoms. The Balaban J connectivity index is 1.78. The number of aliphatic hydroxyl groups is 1. The number of hydrogen-bond acceptors (Lipinski definition) is 3. The molecule has 0 saturated carbocycles. The monoisotopic (exact) mass is 524 g/mol. The van der Waals surface area contributed by atoms with Crippen LogP contribution in [-0.2, 0) is 5.60 Å². The number of halogens is 1. The van der Waals surface area contributed by atoms with Gasteiger partial charge in [0.1, 0.15) is 5.60 Å². The molecule has 3 nitrogen and oxygen atoms in total. The van der Waals surface area contributed by atoms with Gasteiger partial charge in [-0.2, -0.15) is 0 Å². The lowest BCUT2D eigenvalue weighted by molar-refractivity contribution is 0.00584. The van der Waals surface area contributed by atoms with Crippen molar-refractivity contribution in [2.75, 3.05) is 20.6 Å². The van der Waals surface area contributed by atoms with Gasteiger partial charge in [0.05, 0.1) is 5.52 Å². The van der Waals surface area contributed by atoms with Gasteiger partial charge in [0.2, 0.25) is 0 Å². The van der Waals surface area contributed by atoms with E-state index in [1.165, 1.54) is 0 Å². The average molecular weight is 525 g/mol. The number of hydrogen-bond donors (Lipinski definition) is 1. The molecule has 0 bridgehead atoms. The number of pyridine rings is 1.